The molecular weight excluding hydrogens is 419 g/mol. The first-order valence-electron chi connectivity index (χ1n) is 10.6. The van der Waals surface area contributed by atoms with Crippen molar-refractivity contribution in [2.24, 2.45) is 0 Å². The standard InChI is InChI=1S/C23H29FN2O4S/c1-4-26(5-2)31(28,29)21-16-19(12-13-20(21)30-6-3)25-22(27)23(14-7-15-23)17-8-10-18(24)11-9-17/h8-13,16H,4-7,14-15H2,1-3H3,(H,25,27). The number of carbonyl (C=O) groups excluding carboxylic acids is 1. The zero-order chi connectivity index (χ0) is 22.6. The summed E-state index contributed by atoms with van der Waals surface area (Å²) in [5.41, 5.74) is 0.414. The number of nitrogens with zero attached hydrogens (tertiary/aromatic N) is 1. The van der Waals surface area contributed by atoms with Crippen LogP contribution in [0.3, 0.4) is 0 Å². The van der Waals surface area contributed by atoms with Gasteiger partial charge in [0.15, 0.2) is 0 Å². The van der Waals surface area contributed by atoms with E-state index in [-0.39, 0.29) is 22.4 Å². The van der Waals surface area contributed by atoms with Crippen LogP contribution in [0.5, 0.6) is 5.75 Å². The van der Waals surface area contributed by atoms with Gasteiger partial charge >= 0.3 is 0 Å². The maximum absolute atomic E-state index is 13.4. The molecular formula is C23H29FN2O4S. The number of carbonyl (C=O) groups is 1. The van der Waals surface area contributed by atoms with Crippen LogP contribution in [0, 0.1) is 5.82 Å². The highest BCUT2D eigenvalue weighted by Crippen LogP contribution is 2.45. The monoisotopic (exact) mass is 448 g/mol. The predicted octanol–water partition coefficient (Wildman–Crippen LogP) is 4.32. The Hall–Kier alpha value is -2.45. The predicted molar refractivity (Wildman–Crippen MR) is 118 cm³/mol. The summed E-state index contributed by atoms with van der Waals surface area (Å²) in [7, 11) is -3.78. The Kier molecular flexibility index (Phi) is 7.01. The van der Waals surface area contributed by atoms with Crippen LogP contribution in [0.25, 0.3) is 0 Å². The van der Waals surface area contributed by atoms with E-state index in [1.165, 1.54) is 22.5 Å². The summed E-state index contributed by atoms with van der Waals surface area (Å²) in [6.45, 7) is 6.31. The molecule has 1 N–H and O–H groups in total. The second-order valence-electron chi connectivity index (χ2n) is 7.58. The SMILES string of the molecule is CCOc1ccc(NC(=O)C2(c3ccc(F)cc3)CCC2)cc1S(=O)(=O)N(CC)CC. The normalized spacial score (nSPS) is 15.4. The van der Waals surface area contributed by atoms with Crippen molar-refractivity contribution in [1.82, 2.24) is 4.31 Å². The van der Waals surface area contributed by atoms with Crippen LogP contribution >= 0.6 is 0 Å². The lowest BCUT2D eigenvalue weighted by Gasteiger charge is -2.40. The van der Waals surface area contributed by atoms with Crippen molar-refractivity contribution in [3.8, 4) is 5.75 Å². The average molecular weight is 449 g/mol. The summed E-state index contributed by atoms with van der Waals surface area (Å²) in [5.74, 6) is -0.318. The second-order valence-corrected chi connectivity index (χ2v) is 9.49. The van der Waals surface area contributed by atoms with Crippen molar-refractivity contribution in [3.05, 3.63) is 53.8 Å². The largest absolute Gasteiger partial charge is 0.492 e. The number of halogens is 1. The number of ether oxygens (including phenoxy) is 1. The minimum absolute atomic E-state index is 0.0280. The summed E-state index contributed by atoms with van der Waals surface area (Å²) in [6.07, 6.45) is 2.22. The van der Waals surface area contributed by atoms with E-state index in [0.717, 1.165) is 12.0 Å². The Morgan fingerprint density at radius 3 is 2.26 bits per heavy atom. The number of benzene rings is 2. The number of anilines is 1. The first-order valence-corrected chi connectivity index (χ1v) is 12.1. The number of amides is 1. The van der Waals surface area contributed by atoms with E-state index in [0.29, 0.717) is 38.2 Å². The van der Waals surface area contributed by atoms with Gasteiger partial charge < -0.3 is 10.1 Å². The molecule has 31 heavy (non-hydrogen) atoms. The van der Waals surface area contributed by atoms with E-state index < -0.39 is 15.4 Å². The van der Waals surface area contributed by atoms with Gasteiger partial charge in [0, 0.05) is 18.8 Å². The van der Waals surface area contributed by atoms with Crippen LogP contribution in [-0.2, 0) is 20.2 Å². The number of nitrogens with one attached hydrogen (secondary N) is 1. The lowest BCUT2D eigenvalue weighted by molar-refractivity contribution is -0.124. The van der Waals surface area contributed by atoms with Crippen molar-refractivity contribution < 1.29 is 22.3 Å². The summed E-state index contributed by atoms with van der Waals surface area (Å²) in [5, 5.41) is 2.88. The van der Waals surface area contributed by atoms with Crippen molar-refractivity contribution >= 4 is 21.6 Å². The number of rotatable bonds is 9. The topological polar surface area (TPSA) is 75.7 Å². The van der Waals surface area contributed by atoms with E-state index in [2.05, 4.69) is 5.32 Å². The summed E-state index contributed by atoms with van der Waals surface area (Å²) in [6, 6.07) is 10.7. The highest BCUT2D eigenvalue weighted by Gasteiger charge is 2.45. The van der Waals surface area contributed by atoms with Gasteiger partial charge in [0.25, 0.3) is 0 Å². The molecule has 0 spiro atoms. The molecule has 2 aromatic rings. The van der Waals surface area contributed by atoms with E-state index in [1.807, 2.05) is 0 Å². The van der Waals surface area contributed by atoms with Crippen LogP contribution in [0.1, 0.15) is 45.6 Å². The molecule has 168 valence electrons. The smallest absolute Gasteiger partial charge is 0.246 e. The van der Waals surface area contributed by atoms with Crippen LogP contribution in [0.2, 0.25) is 0 Å². The number of hydrogen-bond donors (Lipinski definition) is 1. The summed E-state index contributed by atoms with van der Waals surface area (Å²) in [4.78, 5) is 13.3. The molecule has 8 heteroatoms. The van der Waals surface area contributed by atoms with Crippen molar-refractivity contribution in [2.75, 3.05) is 25.0 Å². The Balaban J connectivity index is 1.94. The fraction of sp³-hybridized carbons (Fsp3) is 0.435. The molecule has 0 atom stereocenters. The van der Waals surface area contributed by atoms with E-state index >= 15 is 0 Å². The molecule has 1 fully saturated rings. The third kappa shape index (κ3) is 4.45. The highest BCUT2D eigenvalue weighted by molar-refractivity contribution is 7.89. The Morgan fingerprint density at radius 1 is 1.10 bits per heavy atom. The lowest BCUT2D eigenvalue weighted by Crippen LogP contribution is -2.46. The zero-order valence-electron chi connectivity index (χ0n) is 18.2. The van der Waals surface area contributed by atoms with Crippen molar-refractivity contribution in [3.63, 3.8) is 0 Å². The molecule has 0 unspecified atom stereocenters. The number of hydrogen-bond acceptors (Lipinski definition) is 4. The van der Waals surface area contributed by atoms with Crippen molar-refractivity contribution in [1.29, 1.82) is 0 Å². The molecule has 0 aromatic heterocycles. The number of sulfonamides is 1. The minimum Gasteiger partial charge on any atom is -0.492 e. The van der Waals surface area contributed by atoms with E-state index in [1.54, 1.807) is 45.0 Å². The maximum atomic E-state index is 13.4. The van der Waals surface area contributed by atoms with Crippen LogP contribution in [-0.4, -0.2) is 38.3 Å². The Morgan fingerprint density at radius 2 is 1.74 bits per heavy atom. The molecule has 6 nitrogen and oxygen atoms in total. The van der Waals surface area contributed by atoms with Crippen LogP contribution in [0.4, 0.5) is 10.1 Å². The zero-order valence-corrected chi connectivity index (χ0v) is 19.0. The van der Waals surface area contributed by atoms with Crippen LogP contribution < -0.4 is 10.1 Å². The molecule has 3 rings (SSSR count). The van der Waals surface area contributed by atoms with E-state index in [9.17, 15) is 17.6 Å². The highest BCUT2D eigenvalue weighted by atomic mass is 32.2. The fourth-order valence-corrected chi connectivity index (χ4v) is 5.58. The molecule has 1 aliphatic rings. The lowest BCUT2D eigenvalue weighted by atomic mass is 9.64. The third-order valence-corrected chi connectivity index (χ3v) is 7.93. The molecule has 2 aromatic carbocycles. The van der Waals surface area contributed by atoms with Crippen LogP contribution in [0.15, 0.2) is 47.4 Å². The van der Waals surface area contributed by atoms with Gasteiger partial charge in [0.1, 0.15) is 16.5 Å². The molecule has 0 saturated heterocycles. The molecule has 0 aliphatic heterocycles. The summed E-state index contributed by atoms with van der Waals surface area (Å²) < 4.78 is 46.5. The molecule has 1 saturated carbocycles. The van der Waals surface area contributed by atoms with Gasteiger partial charge in [-0.2, -0.15) is 4.31 Å². The van der Waals surface area contributed by atoms with Crippen molar-refractivity contribution in [2.45, 2.75) is 50.3 Å². The Labute approximate surface area is 183 Å². The third-order valence-electron chi connectivity index (χ3n) is 5.86. The molecule has 1 aliphatic carbocycles. The minimum atomic E-state index is -3.78. The van der Waals surface area contributed by atoms with Gasteiger partial charge in [0.2, 0.25) is 15.9 Å². The quantitative estimate of drug-likeness (QED) is 0.620. The molecule has 1 amide bonds. The average Bonchev–Trinajstić information content (AvgIpc) is 2.70. The van der Waals surface area contributed by atoms with Gasteiger partial charge in [-0.05, 0) is 55.7 Å². The fourth-order valence-electron chi connectivity index (χ4n) is 3.96. The maximum Gasteiger partial charge on any atom is 0.246 e. The summed E-state index contributed by atoms with van der Waals surface area (Å²) >= 11 is 0. The second kappa shape index (κ2) is 9.36. The molecule has 0 radical (unpaired) electrons. The molecule has 0 heterocycles. The van der Waals surface area contributed by atoms with Gasteiger partial charge in [-0.15, -0.1) is 0 Å². The van der Waals surface area contributed by atoms with Gasteiger partial charge in [-0.1, -0.05) is 32.4 Å². The van der Waals surface area contributed by atoms with E-state index in [4.69, 9.17) is 4.74 Å². The van der Waals surface area contributed by atoms with Gasteiger partial charge in [0.05, 0.1) is 12.0 Å². The first kappa shape index (κ1) is 23.2. The van der Waals surface area contributed by atoms with Gasteiger partial charge in [-0.3, -0.25) is 4.79 Å². The molecule has 0 bridgehead atoms. The first-order chi connectivity index (χ1) is 14.8. The van der Waals surface area contributed by atoms with Gasteiger partial charge in [-0.25, -0.2) is 12.8 Å². The Bertz CT molecular complexity index is 1030.